The minimum atomic E-state index is -0.161. The second-order valence-electron chi connectivity index (χ2n) is 4.14. The molecule has 1 heterocycles. The molecule has 0 radical (unpaired) electrons. The van der Waals surface area contributed by atoms with Gasteiger partial charge in [-0.25, -0.2) is 0 Å². The molecule has 1 aliphatic rings. The van der Waals surface area contributed by atoms with E-state index in [0.717, 1.165) is 25.9 Å². The fraction of sp³-hybridized carbons (Fsp3) is 0.833. The van der Waals surface area contributed by atoms with E-state index in [4.69, 9.17) is 10.00 Å². The first-order valence-corrected chi connectivity index (χ1v) is 6.26. The third-order valence-corrected chi connectivity index (χ3v) is 2.88. The van der Waals surface area contributed by atoms with E-state index in [9.17, 15) is 4.79 Å². The second kappa shape index (κ2) is 8.04. The van der Waals surface area contributed by atoms with E-state index >= 15 is 0 Å². The molecule has 1 unspecified atom stereocenters. The highest BCUT2D eigenvalue weighted by atomic mass is 16.5. The van der Waals surface area contributed by atoms with Gasteiger partial charge in [0.25, 0.3) is 0 Å². The highest BCUT2D eigenvalue weighted by Crippen LogP contribution is 2.09. The average Bonchev–Trinajstić information content (AvgIpc) is 2.35. The Hall–Kier alpha value is -1.12. The zero-order valence-electron chi connectivity index (χ0n) is 10.4. The molecule has 0 aliphatic carbocycles. The molecule has 1 amide bonds. The number of nitrogens with zero attached hydrogens (tertiary/aromatic N) is 2. The molecule has 0 bridgehead atoms. The van der Waals surface area contributed by atoms with Crippen LogP contribution in [0.4, 0.5) is 0 Å². The Kier molecular flexibility index (Phi) is 6.60. The summed E-state index contributed by atoms with van der Waals surface area (Å²) in [6, 6.07) is 1.98. The summed E-state index contributed by atoms with van der Waals surface area (Å²) < 4.78 is 5.35. The monoisotopic (exact) mass is 239 g/mol. The highest BCUT2D eigenvalue weighted by molar-refractivity contribution is 5.81. The van der Waals surface area contributed by atoms with Gasteiger partial charge in [-0.1, -0.05) is 0 Å². The normalized spacial score (nSPS) is 20.8. The third kappa shape index (κ3) is 4.72. The Bertz CT molecular complexity index is 275. The van der Waals surface area contributed by atoms with Crippen molar-refractivity contribution in [1.29, 1.82) is 5.26 Å². The van der Waals surface area contributed by atoms with Gasteiger partial charge in [-0.2, -0.15) is 5.26 Å². The van der Waals surface area contributed by atoms with Crippen LogP contribution in [0.25, 0.3) is 0 Å². The Balaban J connectivity index is 2.37. The zero-order valence-corrected chi connectivity index (χ0v) is 10.4. The predicted octanol–water partition coefficient (Wildman–Crippen LogP) is 0.517. The maximum absolute atomic E-state index is 11.8. The van der Waals surface area contributed by atoms with E-state index in [-0.39, 0.29) is 11.9 Å². The van der Waals surface area contributed by atoms with Crippen molar-refractivity contribution >= 4 is 5.91 Å². The van der Waals surface area contributed by atoms with Crippen molar-refractivity contribution in [2.45, 2.75) is 32.2 Å². The number of rotatable bonds is 6. The van der Waals surface area contributed by atoms with Gasteiger partial charge in [0.2, 0.25) is 5.91 Å². The molecule has 1 saturated heterocycles. The standard InChI is InChI=1S/C12H21N3O2/c1-2-14-12(16)11-10-17-9-8-15(11)7-5-3-4-6-13/h11H,2-5,7-10H2,1H3,(H,14,16). The van der Waals surface area contributed by atoms with Crippen LogP contribution in [-0.2, 0) is 9.53 Å². The van der Waals surface area contributed by atoms with Crippen LogP contribution in [0, 0.1) is 11.3 Å². The number of amides is 1. The van der Waals surface area contributed by atoms with E-state index in [2.05, 4.69) is 16.3 Å². The van der Waals surface area contributed by atoms with Crippen LogP contribution in [-0.4, -0.2) is 49.7 Å². The lowest BCUT2D eigenvalue weighted by Crippen LogP contribution is -2.53. The van der Waals surface area contributed by atoms with Crippen molar-refractivity contribution in [3.63, 3.8) is 0 Å². The molecule has 5 heteroatoms. The summed E-state index contributed by atoms with van der Waals surface area (Å²) in [5.41, 5.74) is 0. The van der Waals surface area contributed by atoms with Crippen molar-refractivity contribution in [3.8, 4) is 6.07 Å². The first kappa shape index (κ1) is 13.9. The Morgan fingerprint density at radius 2 is 2.41 bits per heavy atom. The molecule has 0 aromatic rings. The number of nitriles is 1. The lowest BCUT2D eigenvalue weighted by Gasteiger charge is -2.34. The summed E-state index contributed by atoms with van der Waals surface area (Å²) in [4.78, 5) is 14.0. The first-order valence-electron chi connectivity index (χ1n) is 6.26. The summed E-state index contributed by atoms with van der Waals surface area (Å²) in [5.74, 6) is 0.0486. The number of carbonyl (C=O) groups excluding carboxylic acids is 1. The van der Waals surface area contributed by atoms with Gasteiger partial charge in [0.15, 0.2) is 0 Å². The van der Waals surface area contributed by atoms with Crippen molar-refractivity contribution in [2.75, 3.05) is 32.8 Å². The number of carbonyl (C=O) groups is 1. The molecule has 96 valence electrons. The van der Waals surface area contributed by atoms with E-state index in [1.165, 1.54) is 0 Å². The van der Waals surface area contributed by atoms with E-state index < -0.39 is 0 Å². The van der Waals surface area contributed by atoms with E-state index in [0.29, 0.717) is 26.2 Å². The van der Waals surface area contributed by atoms with Gasteiger partial charge >= 0.3 is 0 Å². The Labute approximate surface area is 103 Å². The van der Waals surface area contributed by atoms with Crippen molar-refractivity contribution in [1.82, 2.24) is 10.2 Å². The fourth-order valence-electron chi connectivity index (χ4n) is 1.96. The van der Waals surface area contributed by atoms with E-state index in [1.54, 1.807) is 0 Å². The minimum absolute atomic E-state index is 0.0486. The lowest BCUT2D eigenvalue weighted by molar-refractivity contribution is -0.132. The van der Waals surface area contributed by atoms with Crippen LogP contribution in [0.2, 0.25) is 0 Å². The molecule has 1 fully saturated rings. The fourth-order valence-corrected chi connectivity index (χ4v) is 1.96. The second-order valence-corrected chi connectivity index (χ2v) is 4.14. The number of hydrogen-bond acceptors (Lipinski definition) is 4. The molecule has 0 aromatic heterocycles. The third-order valence-electron chi connectivity index (χ3n) is 2.88. The number of likely N-dealkylation sites (N-methyl/N-ethyl adjacent to an activating group) is 1. The Morgan fingerprint density at radius 1 is 1.59 bits per heavy atom. The van der Waals surface area contributed by atoms with Crippen LogP contribution >= 0.6 is 0 Å². The number of nitrogens with one attached hydrogen (secondary N) is 1. The minimum Gasteiger partial charge on any atom is -0.378 e. The zero-order chi connectivity index (χ0) is 12.5. The number of ether oxygens (including phenoxy) is 1. The van der Waals surface area contributed by atoms with Crippen LogP contribution < -0.4 is 5.32 Å². The molecule has 1 N–H and O–H groups in total. The first-order chi connectivity index (χ1) is 8.29. The molecule has 1 rings (SSSR count). The summed E-state index contributed by atoms with van der Waals surface area (Å²) in [7, 11) is 0. The average molecular weight is 239 g/mol. The van der Waals surface area contributed by atoms with Gasteiger partial charge in [0.05, 0.1) is 19.3 Å². The van der Waals surface area contributed by atoms with Gasteiger partial charge in [-0.3, -0.25) is 9.69 Å². The van der Waals surface area contributed by atoms with Crippen molar-refractivity contribution < 1.29 is 9.53 Å². The Morgan fingerprint density at radius 3 is 3.12 bits per heavy atom. The van der Waals surface area contributed by atoms with Gasteiger partial charge in [0.1, 0.15) is 6.04 Å². The topological polar surface area (TPSA) is 65.4 Å². The van der Waals surface area contributed by atoms with Gasteiger partial charge in [0, 0.05) is 19.5 Å². The van der Waals surface area contributed by atoms with Gasteiger partial charge in [-0.05, 0) is 26.3 Å². The van der Waals surface area contributed by atoms with Crippen LogP contribution in [0.5, 0.6) is 0 Å². The van der Waals surface area contributed by atoms with Crippen molar-refractivity contribution in [2.24, 2.45) is 0 Å². The molecular weight excluding hydrogens is 218 g/mol. The smallest absolute Gasteiger partial charge is 0.239 e. The molecule has 5 nitrogen and oxygen atoms in total. The SMILES string of the molecule is CCNC(=O)C1COCCN1CCCCC#N. The van der Waals surface area contributed by atoms with Crippen LogP contribution in [0.1, 0.15) is 26.2 Å². The molecule has 1 atom stereocenters. The molecule has 17 heavy (non-hydrogen) atoms. The summed E-state index contributed by atoms with van der Waals surface area (Å²) in [5, 5.41) is 11.3. The maximum Gasteiger partial charge on any atom is 0.239 e. The summed E-state index contributed by atoms with van der Waals surface area (Å²) in [6.45, 7) is 5.40. The maximum atomic E-state index is 11.8. The van der Waals surface area contributed by atoms with E-state index in [1.807, 2.05) is 6.92 Å². The van der Waals surface area contributed by atoms with Crippen LogP contribution in [0.3, 0.4) is 0 Å². The van der Waals surface area contributed by atoms with Gasteiger partial charge < -0.3 is 10.1 Å². The molecular formula is C12H21N3O2. The summed E-state index contributed by atoms with van der Waals surface area (Å²) >= 11 is 0. The molecule has 1 aliphatic heterocycles. The predicted molar refractivity (Wildman–Crippen MR) is 64.3 cm³/mol. The number of hydrogen-bond donors (Lipinski definition) is 1. The largest absolute Gasteiger partial charge is 0.378 e. The quantitative estimate of drug-likeness (QED) is 0.686. The van der Waals surface area contributed by atoms with Crippen molar-refractivity contribution in [3.05, 3.63) is 0 Å². The lowest BCUT2D eigenvalue weighted by atomic mass is 10.1. The molecule has 0 aromatic carbocycles. The number of unbranched alkanes of at least 4 members (excludes halogenated alkanes) is 2. The molecule has 0 spiro atoms. The number of morpholine rings is 1. The van der Waals surface area contributed by atoms with Gasteiger partial charge in [-0.15, -0.1) is 0 Å². The summed E-state index contributed by atoms with van der Waals surface area (Å²) in [6.07, 6.45) is 2.45. The highest BCUT2D eigenvalue weighted by Gasteiger charge is 2.28. The molecule has 0 saturated carbocycles. The van der Waals surface area contributed by atoms with Crippen LogP contribution in [0.15, 0.2) is 0 Å².